The summed E-state index contributed by atoms with van der Waals surface area (Å²) in [7, 11) is 0. The molecule has 0 aromatic rings. The number of esters is 1. The van der Waals surface area contributed by atoms with Crippen molar-refractivity contribution in [2.45, 2.75) is 45.0 Å². The predicted molar refractivity (Wildman–Crippen MR) is 58.5 cm³/mol. The zero-order chi connectivity index (χ0) is 12.8. The van der Waals surface area contributed by atoms with Crippen LogP contribution >= 0.6 is 0 Å². The highest BCUT2D eigenvalue weighted by Gasteiger charge is 2.25. The lowest BCUT2D eigenvalue weighted by atomic mass is 10.0. The predicted octanol–water partition coefficient (Wildman–Crippen LogP) is 0.338. The molecule has 0 heterocycles. The Kier molecular flexibility index (Phi) is 6.25. The Bertz CT molecular complexity index is 247. The fraction of sp³-hybridized carbons (Fsp3) is 0.727. The van der Waals surface area contributed by atoms with Gasteiger partial charge in [0.1, 0.15) is 6.61 Å². The van der Waals surface area contributed by atoms with E-state index in [4.69, 9.17) is 9.84 Å². The van der Waals surface area contributed by atoms with Crippen molar-refractivity contribution in [1.29, 1.82) is 0 Å². The second kappa shape index (κ2) is 6.62. The first-order chi connectivity index (χ1) is 7.32. The van der Waals surface area contributed by atoms with E-state index in [-0.39, 0.29) is 25.0 Å². The Morgan fingerprint density at radius 3 is 2.44 bits per heavy atom. The van der Waals surface area contributed by atoms with E-state index in [2.05, 4.69) is 6.58 Å². The minimum absolute atomic E-state index is 0.0184. The highest BCUT2D eigenvalue weighted by molar-refractivity contribution is 5.87. The molecule has 5 nitrogen and oxygen atoms in total. The first kappa shape index (κ1) is 15.1. The quantitative estimate of drug-likeness (QED) is 0.335. The van der Waals surface area contributed by atoms with Crippen molar-refractivity contribution in [2.24, 2.45) is 0 Å². The van der Waals surface area contributed by atoms with Crippen LogP contribution in [0, 0.1) is 0 Å². The van der Waals surface area contributed by atoms with E-state index < -0.39 is 17.9 Å². The molecule has 5 heteroatoms. The molecule has 94 valence electrons. The molecule has 0 radical (unpaired) electrons. The summed E-state index contributed by atoms with van der Waals surface area (Å²) in [6.07, 6.45) is -0.379. The van der Waals surface area contributed by atoms with E-state index >= 15 is 0 Å². The molecule has 0 aliphatic rings. The number of hydrogen-bond donors (Lipinski definition) is 3. The molecule has 0 fully saturated rings. The highest BCUT2D eigenvalue weighted by atomic mass is 16.5. The molecule has 3 N–H and O–H groups in total. The van der Waals surface area contributed by atoms with Crippen molar-refractivity contribution in [3.8, 4) is 0 Å². The van der Waals surface area contributed by atoms with Crippen LogP contribution in [-0.4, -0.2) is 39.8 Å². The summed E-state index contributed by atoms with van der Waals surface area (Å²) < 4.78 is 4.74. The Balaban J connectivity index is 4.05. The summed E-state index contributed by atoms with van der Waals surface area (Å²) in [6, 6.07) is 0. The van der Waals surface area contributed by atoms with Gasteiger partial charge < -0.3 is 20.1 Å². The molecule has 0 bridgehead atoms. The fourth-order valence-electron chi connectivity index (χ4n) is 0.931. The molecule has 0 saturated carbocycles. The van der Waals surface area contributed by atoms with Gasteiger partial charge in [0.25, 0.3) is 0 Å². The van der Waals surface area contributed by atoms with E-state index in [1.807, 2.05) is 0 Å². The molecular weight excluding hydrogens is 212 g/mol. The Morgan fingerprint density at radius 2 is 2.00 bits per heavy atom. The molecule has 0 spiro atoms. The van der Waals surface area contributed by atoms with Crippen LogP contribution in [0.4, 0.5) is 0 Å². The van der Waals surface area contributed by atoms with Crippen LogP contribution in [0.25, 0.3) is 0 Å². The third-order valence-electron chi connectivity index (χ3n) is 2.23. The number of carbonyl (C=O) groups is 1. The topological polar surface area (TPSA) is 87.0 Å². The molecule has 0 amide bonds. The van der Waals surface area contributed by atoms with Gasteiger partial charge >= 0.3 is 5.97 Å². The molecule has 0 aliphatic heterocycles. The normalized spacial score (nSPS) is 13.3. The molecular formula is C11H20O5. The van der Waals surface area contributed by atoms with Gasteiger partial charge in [0, 0.05) is 12.0 Å². The van der Waals surface area contributed by atoms with Crippen LogP contribution in [0.5, 0.6) is 0 Å². The Labute approximate surface area is 95.4 Å². The number of rotatable bonds is 7. The van der Waals surface area contributed by atoms with Crippen molar-refractivity contribution < 1.29 is 24.9 Å². The van der Waals surface area contributed by atoms with Gasteiger partial charge in [-0.05, 0) is 12.8 Å². The van der Waals surface area contributed by atoms with Crippen LogP contribution in [0.3, 0.4) is 0 Å². The number of carbonyl (C=O) groups excluding carboxylic acids is 1. The van der Waals surface area contributed by atoms with Crippen LogP contribution in [0.2, 0.25) is 0 Å². The smallest absolute Gasteiger partial charge is 0.333 e. The molecule has 0 aromatic heterocycles. The Hall–Kier alpha value is -0.910. The second-order valence-electron chi connectivity index (χ2n) is 3.78. The van der Waals surface area contributed by atoms with Gasteiger partial charge in [0.05, 0.1) is 6.10 Å². The second-order valence-corrected chi connectivity index (χ2v) is 3.78. The van der Waals surface area contributed by atoms with Crippen molar-refractivity contribution in [1.82, 2.24) is 0 Å². The van der Waals surface area contributed by atoms with Gasteiger partial charge in [-0.15, -0.1) is 0 Å². The van der Waals surface area contributed by atoms with E-state index in [0.717, 1.165) is 0 Å². The molecule has 16 heavy (non-hydrogen) atoms. The molecule has 1 unspecified atom stereocenters. The first-order valence-electron chi connectivity index (χ1n) is 5.30. The lowest BCUT2D eigenvalue weighted by Crippen LogP contribution is -2.29. The van der Waals surface area contributed by atoms with Crippen LogP contribution in [0.15, 0.2) is 12.2 Å². The molecule has 0 saturated heterocycles. The van der Waals surface area contributed by atoms with Crippen LogP contribution in [0.1, 0.15) is 33.1 Å². The van der Waals surface area contributed by atoms with Crippen molar-refractivity contribution in [2.75, 3.05) is 6.61 Å². The number of ether oxygens (including phenoxy) is 1. The SMILES string of the molecule is C=C(CC(O)(O)CC)C(=O)OCC(O)CC. The fourth-order valence-corrected chi connectivity index (χ4v) is 0.931. The number of aliphatic hydroxyl groups excluding tert-OH is 1. The van der Waals surface area contributed by atoms with E-state index in [1.54, 1.807) is 13.8 Å². The van der Waals surface area contributed by atoms with E-state index in [0.29, 0.717) is 6.42 Å². The van der Waals surface area contributed by atoms with Gasteiger partial charge in [-0.3, -0.25) is 0 Å². The number of aliphatic hydroxyl groups is 3. The average molecular weight is 232 g/mol. The molecule has 0 aromatic carbocycles. The number of hydrogen-bond acceptors (Lipinski definition) is 5. The van der Waals surface area contributed by atoms with E-state index in [9.17, 15) is 15.0 Å². The lowest BCUT2D eigenvalue weighted by Gasteiger charge is -2.20. The molecule has 1 atom stereocenters. The monoisotopic (exact) mass is 232 g/mol. The summed E-state index contributed by atoms with van der Waals surface area (Å²) in [5.41, 5.74) is -0.0184. The third-order valence-corrected chi connectivity index (χ3v) is 2.23. The highest BCUT2D eigenvalue weighted by Crippen LogP contribution is 2.17. The largest absolute Gasteiger partial charge is 0.460 e. The van der Waals surface area contributed by atoms with Gasteiger partial charge in [0.2, 0.25) is 0 Å². The average Bonchev–Trinajstić information content (AvgIpc) is 2.24. The standard InChI is InChI=1S/C11H20O5/c1-4-9(12)7-16-10(13)8(3)6-11(14,15)5-2/h9,12,14-15H,3-7H2,1-2H3. The first-order valence-corrected chi connectivity index (χ1v) is 5.30. The lowest BCUT2D eigenvalue weighted by molar-refractivity contribution is -0.166. The minimum atomic E-state index is -1.93. The maximum atomic E-state index is 11.3. The zero-order valence-electron chi connectivity index (χ0n) is 9.77. The third kappa shape index (κ3) is 5.85. The maximum Gasteiger partial charge on any atom is 0.333 e. The van der Waals surface area contributed by atoms with Gasteiger partial charge in [0.15, 0.2) is 5.79 Å². The van der Waals surface area contributed by atoms with Crippen molar-refractivity contribution in [3.05, 3.63) is 12.2 Å². The molecule has 0 aliphatic carbocycles. The van der Waals surface area contributed by atoms with Gasteiger partial charge in [-0.25, -0.2) is 4.79 Å². The summed E-state index contributed by atoms with van der Waals surface area (Å²) in [4.78, 5) is 11.3. The van der Waals surface area contributed by atoms with Gasteiger partial charge in [-0.2, -0.15) is 0 Å². The minimum Gasteiger partial charge on any atom is -0.460 e. The maximum absolute atomic E-state index is 11.3. The summed E-state index contributed by atoms with van der Waals surface area (Å²) >= 11 is 0. The van der Waals surface area contributed by atoms with Crippen LogP contribution in [-0.2, 0) is 9.53 Å². The molecule has 0 rings (SSSR count). The summed E-state index contributed by atoms with van der Waals surface area (Å²) in [5.74, 6) is -2.65. The zero-order valence-corrected chi connectivity index (χ0v) is 9.77. The summed E-state index contributed by atoms with van der Waals surface area (Å²) in [5, 5.41) is 27.8. The van der Waals surface area contributed by atoms with Crippen molar-refractivity contribution >= 4 is 5.97 Å². The van der Waals surface area contributed by atoms with Crippen molar-refractivity contribution in [3.63, 3.8) is 0 Å². The summed E-state index contributed by atoms with van der Waals surface area (Å²) in [6.45, 7) is 6.65. The Morgan fingerprint density at radius 1 is 1.44 bits per heavy atom. The van der Waals surface area contributed by atoms with E-state index in [1.165, 1.54) is 0 Å². The van der Waals surface area contributed by atoms with Crippen LogP contribution < -0.4 is 0 Å². The van der Waals surface area contributed by atoms with Gasteiger partial charge in [-0.1, -0.05) is 20.4 Å².